The van der Waals surface area contributed by atoms with Crippen LogP contribution in [0.25, 0.3) is 22.2 Å². The van der Waals surface area contributed by atoms with Gasteiger partial charge in [0.1, 0.15) is 0 Å². The number of fused-ring (bicyclic) bond motifs is 1. The molecule has 2 saturated heterocycles. The Morgan fingerprint density at radius 1 is 1.00 bits per heavy atom. The van der Waals surface area contributed by atoms with E-state index in [1.54, 1.807) is 49.6 Å². The molecule has 6 rings (SSSR count). The predicted octanol–water partition coefficient (Wildman–Crippen LogP) is 3.93. The number of amides is 1. The fraction of sp³-hybridized carbons (Fsp3) is 0.375. The quantitative estimate of drug-likeness (QED) is 0.310. The molecular formula is C32H37BN4O5S. The van der Waals surface area contributed by atoms with Crippen LogP contribution >= 0.6 is 0 Å². The van der Waals surface area contributed by atoms with Crippen molar-refractivity contribution in [2.45, 2.75) is 56.8 Å². The second-order valence-corrected chi connectivity index (χ2v) is 14.5. The molecule has 1 amide bonds. The molecular weight excluding hydrogens is 563 g/mol. The molecule has 0 aliphatic carbocycles. The van der Waals surface area contributed by atoms with Crippen LogP contribution in [-0.2, 0) is 19.3 Å². The number of hydrogen-bond acceptors (Lipinski definition) is 7. The van der Waals surface area contributed by atoms with Gasteiger partial charge in [0, 0.05) is 53.5 Å². The fourth-order valence-electron chi connectivity index (χ4n) is 5.49. The number of aromatic nitrogens is 2. The van der Waals surface area contributed by atoms with Crippen molar-refractivity contribution in [1.82, 2.24) is 18.8 Å². The molecule has 2 aliphatic rings. The Morgan fingerprint density at radius 2 is 1.63 bits per heavy atom. The van der Waals surface area contributed by atoms with Crippen molar-refractivity contribution >= 4 is 39.5 Å². The monoisotopic (exact) mass is 600 g/mol. The van der Waals surface area contributed by atoms with Gasteiger partial charge in [-0.3, -0.25) is 4.79 Å². The summed E-state index contributed by atoms with van der Waals surface area (Å²) in [7, 11) is -0.589. The zero-order valence-corrected chi connectivity index (χ0v) is 26.5. The summed E-state index contributed by atoms with van der Waals surface area (Å²) in [5.74, 6) is -0.0149. The van der Waals surface area contributed by atoms with Crippen molar-refractivity contribution < 1.29 is 22.5 Å². The Balaban J connectivity index is 1.43. The molecule has 0 unspecified atom stereocenters. The largest absolute Gasteiger partial charge is 0.496 e. The van der Waals surface area contributed by atoms with Gasteiger partial charge < -0.3 is 19.1 Å². The van der Waals surface area contributed by atoms with Crippen molar-refractivity contribution in [3.8, 4) is 11.1 Å². The third kappa shape index (κ3) is 4.98. The van der Waals surface area contributed by atoms with Gasteiger partial charge in [0.2, 0.25) is 0 Å². The second-order valence-electron chi connectivity index (χ2n) is 12.7. The van der Waals surface area contributed by atoms with Crippen LogP contribution < -0.4 is 5.46 Å². The van der Waals surface area contributed by atoms with Gasteiger partial charge in [-0.05, 0) is 84.1 Å². The minimum absolute atomic E-state index is 0.0149. The number of benzene rings is 2. The smallest absolute Gasteiger partial charge is 0.399 e. The van der Waals surface area contributed by atoms with Crippen molar-refractivity contribution in [1.29, 1.82) is 0 Å². The maximum atomic E-state index is 14.0. The summed E-state index contributed by atoms with van der Waals surface area (Å²) in [5.41, 5.74) is 2.59. The molecule has 2 fully saturated rings. The molecule has 0 saturated carbocycles. The summed E-state index contributed by atoms with van der Waals surface area (Å²) >= 11 is 0. The lowest BCUT2D eigenvalue weighted by atomic mass is 9.79. The number of likely N-dealkylation sites (tertiary alicyclic amines) is 1. The summed E-state index contributed by atoms with van der Waals surface area (Å²) in [6.45, 7) is 11.1. The number of carbonyl (C=O) groups excluding carboxylic acids is 1. The molecule has 0 spiro atoms. The summed E-state index contributed by atoms with van der Waals surface area (Å²) in [6.07, 6.45) is 3.23. The maximum absolute atomic E-state index is 14.0. The lowest BCUT2D eigenvalue weighted by Crippen LogP contribution is -2.59. The van der Waals surface area contributed by atoms with E-state index in [4.69, 9.17) is 9.31 Å². The molecule has 2 aromatic heterocycles. The third-order valence-electron chi connectivity index (χ3n) is 9.11. The van der Waals surface area contributed by atoms with Gasteiger partial charge in [0.05, 0.1) is 16.1 Å². The van der Waals surface area contributed by atoms with Gasteiger partial charge in [0.15, 0.2) is 5.65 Å². The average Bonchev–Trinajstić information content (AvgIpc) is 3.41. The Labute approximate surface area is 253 Å². The molecule has 4 aromatic rings. The number of hydrogen-bond donors (Lipinski definition) is 0. The van der Waals surface area contributed by atoms with E-state index in [9.17, 15) is 13.2 Å². The third-order valence-corrected chi connectivity index (χ3v) is 10.9. The van der Waals surface area contributed by atoms with Gasteiger partial charge in [-0.1, -0.05) is 30.3 Å². The average molecular weight is 601 g/mol. The van der Waals surface area contributed by atoms with Crippen LogP contribution in [0.5, 0.6) is 0 Å². The number of likely N-dealkylation sites (N-methyl/N-ethyl adjacent to an activating group) is 1. The standard InChI is InChI=1S/C32H37BN4O5S/c1-21-10-8-9-11-28(21)43(39,40)37-20-27(22-12-14-23(15-13-22)30(38)36-18-25(19-36)35(6)7)26-16-24(17-34-29(26)37)33-41-31(2,3)32(4,5)42-33/h8-17,20,25H,18-19H2,1-7H3. The maximum Gasteiger partial charge on any atom is 0.496 e. The van der Waals surface area contributed by atoms with Crippen LogP contribution in [0, 0.1) is 6.92 Å². The highest BCUT2D eigenvalue weighted by Crippen LogP contribution is 2.38. The lowest BCUT2D eigenvalue weighted by Gasteiger charge is -2.42. The van der Waals surface area contributed by atoms with Crippen molar-refractivity contribution in [3.63, 3.8) is 0 Å². The van der Waals surface area contributed by atoms with E-state index in [-0.39, 0.29) is 10.8 Å². The summed E-state index contributed by atoms with van der Waals surface area (Å²) < 4.78 is 41.7. The molecule has 224 valence electrons. The zero-order valence-electron chi connectivity index (χ0n) is 25.7. The van der Waals surface area contributed by atoms with Gasteiger partial charge in [-0.15, -0.1) is 0 Å². The fourth-order valence-corrected chi connectivity index (χ4v) is 7.05. The first-order valence-electron chi connectivity index (χ1n) is 14.4. The summed E-state index contributed by atoms with van der Waals surface area (Å²) in [6, 6.07) is 16.5. The first-order chi connectivity index (χ1) is 20.2. The molecule has 11 heteroatoms. The number of pyridine rings is 1. The molecule has 4 heterocycles. The van der Waals surface area contributed by atoms with Gasteiger partial charge in [0.25, 0.3) is 15.9 Å². The summed E-state index contributed by atoms with van der Waals surface area (Å²) in [4.78, 5) is 21.9. The molecule has 9 nitrogen and oxygen atoms in total. The minimum Gasteiger partial charge on any atom is -0.399 e. The molecule has 0 atom stereocenters. The zero-order chi connectivity index (χ0) is 30.9. The number of aryl methyl sites for hydroxylation is 1. The van der Waals surface area contributed by atoms with Crippen LogP contribution in [0.3, 0.4) is 0 Å². The molecule has 43 heavy (non-hydrogen) atoms. The van der Waals surface area contributed by atoms with Crippen molar-refractivity contribution in [3.05, 3.63) is 78.1 Å². The molecule has 0 N–H and O–H groups in total. The molecule has 2 aliphatic heterocycles. The first-order valence-corrected chi connectivity index (χ1v) is 15.9. The Kier molecular flexibility index (Phi) is 7.08. The Hall–Kier alpha value is -3.51. The van der Waals surface area contributed by atoms with Gasteiger partial charge in [-0.25, -0.2) is 17.4 Å². The van der Waals surface area contributed by atoms with E-state index in [1.807, 2.05) is 71.0 Å². The van der Waals surface area contributed by atoms with E-state index in [2.05, 4.69) is 9.88 Å². The lowest BCUT2D eigenvalue weighted by molar-refractivity contribution is 0.00578. The first kappa shape index (κ1) is 29.6. The van der Waals surface area contributed by atoms with Crippen LogP contribution in [0.1, 0.15) is 43.6 Å². The Morgan fingerprint density at radius 3 is 2.23 bits per heavy atom. The number of nitrogens with zero attached hydrogens (tertiary/aromatic N) is 4. The normalized spacial score (nSPS) is 18.4. The highest BCUT2D eigenvalue weighted by Gasteiger charge is 2.52. The SMILES string of the molecule is Cc1ccccc1S(=O)(=O)n1cc(-c2ccc(C(=O)N3CC(N(C)C)C3)cc2)c2cc(B3OC(C)(C)C(C)(C)O3)cnc21. The number of carbonyl (C=O) groups is 1. The van der Waals surface area contributed by atoms with Crippen LogP contribution in [-0.4, -0.2) is 84.6 Å². The topological polar surface area (TPSA) is 94.0 Å². The van der Waals surface area contributed by atoms with Crippen molar-refractivity contribution in [2.75, 3.05) is 27.2 Å². The van der Waals surface area contributed by atoms with E-state index in [0.29, 0.717) is 52.3 Å². The minimum atomic E-state index is -3.97. The van der Waals surface area contributed by atoms with Gasteiger partial charge in [-0.2, -0.15) is 0 Å². The highest BCUT2D eigenvalue weighted by molar-refractivity contribution is 7.90. The van der Waals surface area contributed by atoms with Crippen LogP contribution in [0.15, 0.2) is 71.9 Å². The van der Waals surface area contributed by atoms with E-state index in [1.165, 1.54) is 3.97 Å². The van der Waals surface area contributed by atoms with E-state index < -0.39 is 28.3 Å². The van der Waals surface area contributed by atoms with Crippen molar-refractivity contribution in [2.24, 2.45) is 0 Å². The molecule has 2 aromatic carbocycles. The number of rotatable bonds is 6. The summed E-state index contributed by atoms with van der Waals surface area (Å²) in [5, 5.41) is 0.639. The highest BCUT2D eigenvalue weighted by atomic mass is 32.2. The Bertz CT molecular complexity index is 1810. The van der Waals surface area contributed by atoms with Gasteiger partial charge >= 0.3 is 7.12 Å². The van der Waals surface area contributed by atoms with E-state index >= 15 is 0 Å². The molecule has 0 radical (unpaired) electrons. The predicted molar refractivity (Wildman–Crippen MR) is 168 cm³/mol. The van der Waals surface area contributed by atoms with E-state index in [0.717, 1.165) is 5.56 Å². The second kappa shape index (κ2) is 10.3. The molecule has 0 bridgehead atoms. The van der Waals surface area contributed by atoms with Crippen LogP contribution in [0.2, 0.25) is 0 Å². The van der Waals surface area contributed by atoms with Crippen LogP contribution in [0.4, 0.5) is 0 Å².